The average Bonchev–Trinajstić information content (AvgIpc) is 3.17. The lowest BCUT2D eigenvalue weighted by Gasteiger charge is -2.46. The molecule has 3 heterocycles. The van der Waals surface area contributed by atoms with Crippen LogP contribution in [0.15, 0.2) is 24.3 Å². The number of alkyl halides is 5. The Balaban J connectivity index is 1.23. The zero-order valence-electron chi connectivity index (χ0n) is 19.7. The molecule has 1 aliphatic carbocycles. The van der Waals surface area contributed by atoms with Gasteiger partial charge in [0.1, 0.15) is 5.82 Å². The van der Waals surface area contributed by atoms with Crippen LogP contribution in [0, 0.1) is 11.7 Å². The maximum atomic E-state index is 13.7. The van der Waals surface area contributed by atoms with E-state index in [2.05, 4.69) is 5.10 Å². The average molecular weight is 515 g/mol. The van der Waals surface area contributed by atoms with Gasteiger partial charge in [0.25, 0.3) is 5.92 Å². The van der Waals surface area contributed by atoms with Gasteiger partial charge in [0.2, 0.25) is 5.91 Å². The van der Waals surface area contributed by atoms with Crippen LogP contribution in [0.25, 0.3) is 0 Å². The van der Waals surface area contributed by atoms with Crippen LogP contribution < -0.4 is 0 Å². The SMILES string of the molecule is O=C(C[C@H]1CC[C@@H](N2CC(F)(F)C2)CC1)N1CCc2c(C(F)(F)F)nn(Cc3ccc(F)cc3)c2C1. The minimum Gasteiger partial charge on any atom is -0.336 e. The Hall–Kier alpha value is -2.56. The van der Waals surface area contributed by atoms with E-state index in [0.29, 0.717) is 17.7 Å². The topological polar surface area (TPSA) is 41.4 Å². The maximum absolute atomic E-state index is 13.7. The molecular formula is C25H28F6N4O. The summed E-state index contributed by atoms with van der Waals surface area (Å²) in [6, 6.07) is 5.62. The van der Waals surface area contributed by atoms with Crippen molar-refractivity contribution in [2.45, 2.75) is 69.8 Å². The number of hydrogen-bond acceptors (Lipinski definition) is 3. The third kappa shape index (κ3) is 5.26. The van der Waals surface area contributed by atoms with Crippen molar-refractivity contribution < 1.29 is 31.1 Å². The molecule has 196 valence electrons. The van der Waals surface area contributed by atoms with Crippen LogP contribution in [0.5, 0.6) is 0 Å². The minimum atomic E-state index is -4.61. The fourth-order valence-corrected chi connectivity index (χ4v) is 5.71. The molecule has 2 fully saturated rings. The molecule has 0 spiro atoms. The standard InChI is InChI=1S/C25H28F6N4O/c26-18-5-1-17(2-6-18)12-35-21-13-33(10-9-20(21)23(32-35)25(29,30)31)22(36)11-16-3-7-19(8-4-16)34-14-24(27,28)15-34/h1-2,5-6,16,19H,3-4,7-15H2/t16-,19+. The number of aromatic nitrogens is 2. The minimum absolute atomic E-state index is 0.0383. The highest BCUT2D eigenvalue weighted by atomic mass is 19.4. The summed E-state index contributed by atoms with van der Waals surface area (Å²) < 4.78 is 81.8. The van der Waals surface area contributed by atoms with Crippen LogP contribution in [0.2, 0.25) is 0 Å². The molecule has 0 atom stereocenters. The molecule has 5 rings (SSSR count). The third-order valence-electron chi connectivity index (χ3n) is 7.67. The van der Waals surface area contributed by atoms with Gasteiger partial charge in [-0.1, -0.05) is 12.1 Å². The number of rotatable bonds is 5. The van der Waals surface area contributed by atoms with Crippen molar-refractivity contribution in [3.8, 4) is 0 Å². The summed E-state index contributed by atoms with van der Waals surface area (Å²) in [5.74, 6) is -2.99. The summed E-state index contributed by atoms with van der Waals surface area (Å²) in [5.41, 5.74) is 0.145. The second-order valence-corrected chi connectivity index (χ2v) is 10.3. The fraction of sp³-hybridized carbons (Fsp3) is 0.600. The zero-order chi connectivity index (χ0) is 25.7. The predicted molar refractivity (Wildman–Crippen MR) is 119 cm³/mol. The van der Waals surface area contributed by atoms with Crippen LogP contribution in [0.1, 0.15) is 54.6 Å². The van der Waals surface area contributed by atoms with Gasteiger partial charge in [0, 0.05) is 24.6 Å². The predicted octanol–water partition coefficient (Wildman–Crippen LogP) is 4.87. The molecule has 1 saturated carbocycles. The van der Waals surface area contributed by atoms with Gasteiger partial charge < -0.3 is 4.90 Å². The van der Waals surface area contributed by atoms with E-state index in [1.54, 1.807) is 4.90 Å². The number of carbonyl (C=O) groups excluding carboxylic acids is 1. The smallest absolute Gasteiger partial charge is 0.336 e. The number of likely N-dealkylation sites (tertiary alicyclic amines) is 1. The molecule has 0 unspecified atom stereocenters. The number of carbonyl (C=O) groups is 1. The van der Waals surface area contributed by atoms with Crippen LogP contribution >= 0.6 is 0 Å². The Labute approximate surface area is 205 Å². The van der Waals surface area contributed by atoms with Gasteiger partial charge in [-0.2, -0.15) is 18.3 Å². The van der Waals surface area contributed by atoms with Gasteiger partial charge in [-0.25, -0.2) is 13.2 Å². The molecule has 1 saturated heterocycles. The summed E-state index contributed by atoms with van der Waals surface area (Å²) >= 11 is 0. The lowest BCUT2D eigenvalue weighted by molar-refractivity contribution is -0.151. The van der Waals surface area contributed by atoms with Gasteiger partial charge in [0.05, 0.1) is 31.9 Å². The van der Waals surface area contributed by atoms with E-state index < -0.39 is 23.6 Å². The van der Waals surface area contributed by atoms with E-state index in [1.807, 2.05) is 4.90 Å². The van der Waals surface area contributed by atoms with Crippen LogP contribution in [0.3, 0.4) is 0 Å². The molecule has 11 heteroatoms. The first-order chi connectivity index (χ1) is 17.0. The number of benzene rings is 1. The molecule has 2 aromatic rings. The van der Waals surface area contributed by atoms with Gasteiger partial charge in [-0.05, 0) is 55.7 Å². The first kappa shape index (κ1) is 25.1. The number of fused-ring (bicyclic) bond motifs is 1. The second kappa shape index (κ2) is 9.39. The summed E-state index contributed by atoms with van der Waals surface area (Å²) in [6.45, 7) is -0.113. The molecule has 36 heavy (non-hydrogen) atoms. The molecule has 1 aromatic carbocycles. The number of nitrogens with zero attached hydrogens (tertiary/aromatic N) is 4. The number of amides is 1. The molecule has 2 aliphatic heterocycles. The normalized spacial score (nSPS) is 24.3. The van der Waals surface area contributed by atoms with Crippen molar-refractivity contribution in [2.24, 2.45) is 5.92 Å². The molecule has 5 nitrogen and oxygen atoms in total. The lowest BCUT2D eigenvalue weighted by atomic mass is 9.82. The monoisotopic (exact) mass is 514 g/mol. The van der Waals surface area contributed by atoms with Crippen molar-refractivity contribution in [2.75, 3.05) is 19.6 Å². The Kier molecular flexibility index (Phi) is 6.55. The quantitative estimate of drug-likeness (QED) is 0.535. The lowest BCUT2D eigenvalue weighted by Crippen LogP contribution is -2.60. The summed E-state index contributed by atoms with van der Waals surface area (Å²) in [4.78, 5) is 16.5. The van der Waals surface area contributed by atoms with E-state index >= 15 is 0 Å². The summed E-state index contributed by atoms with van der Waals surface area (Å²) in [5, 5.41) is 3.84. The molecule has 1 amide bonds. The van der Waals surface area contributed by atoms with Crippen LogP contribution in [-0.2, 0) is 30.5 Å². The highest BCUT2D eigenvalue weighted by Gasteiger charge is 2.47. The summed E-state index contributed by atoms with van der Waals surface area (Å²) in [7, 11) is 0. The molecule has 0 radical (unpaired) electrons. The van der Waals surface area contributed by atoms with E-state index in [1.165, 1.54) is 28.9 Å². The zero-order valence-corrected chi connectivity index (χ0v) is 19.7. The first-order valence-electron chi connectivity index (χ1n) is 12.3. The van der Waals surface area contributed by atoms with Crippen molar-refractivity contribution in [3.05, 3.63) is 52.6 Å². The Morgan fingerprint density at radius 1 is 1.06 bits per heavy atom. The Bertz CT molecular complexity index is 1100. The molecular weight excluding hydrogens is 486 g/mol. The van der Waals surface area contributed by atoms with Crippen LogP contribution in [0.4, 0.5) is 26.3 Å². The van der Waals surface area contributed by atoms with Gasteiger partial charge in [0.15, 0.2) is 5.69 Å². The molecule has 0 N–H and O–H groups in total. The van der Waals surface area contributed by atoms with E-state index in [4.69, 9.17) is 0 Å². The highest BCUT2D eigenvalue weighted by molar-refractivity contribution is 5.76. The van der Waals surface area contributed by atoms with E-state index in [0.717, 1.165) is 25.7 Å². The molecule has 0 bridgehead atoms. The number of halogens is 6. The first-order valence-corrected chi connectivity index (χ1v) is 12.3. The largest absolute Gasteiger partial charge is 0.435 e. The van der Waals surface area contributed by atoms with Crippen molar-refractivity contribution >= 4 is 5.91 Å². The van der Waals surface area contributed by atoms with Gasteiger partial charge in [-0.3, -0.25) is 14.4 Å². The maximum Gasteiger partial charge on any atom is 0.435 e. The second-order valence-electron chi connectivity index (χ2n) is 10.3. The van der Waals surface area contributed by atoms with Crippen LogP contribution in [-0.4, -0.2) is 57.1 Å². The molecule has 1 aromatic heterocycles. The van der Waals surface area contributed by atoms with Crippen molar-refractivity contribution in [1.82, 2.24) is 19.6 Å². The third-order valence-corrected chi connectivity index (χ3v) is 7.67. The van der Waals surface area contributed by atoms with Gasteiger partial charge >= 0.3 is 6.18 Å². The van der Waals surface area contributed by atoms with Crippen molar-refractivity contribution in [1.29, 1.82) is 0 Å². The molecule has 3 aliphatic rings. The van der Waals surface area contributed by atoms with Crippen molar-refractivity contribution in [3.63, 3.8) is 0 Å². The Morgan fingerprint density at radius 2 is 1.72 bits per heavy atom. The highest BCUT2D eigenvalue weighted by Crippen LogP contribution is 2.38. The van der Waals surface area contributed by atoms with E-state index in [-0.39, 0.29) is 62.6 Å². The van der Waals surface area contributed by atoms with E-state index in [9.17, 15) is 31.1 Å². The van der Waals surface area contributed by atoms with Gasteiger partial charge in [-0.15, -0.1) is 0 Å². The number of hydrogen-bond donors (Lipinski definition) is 0. The summed E-state index contributed by atoms with van der Waals surface area (Å²) in [6.07, 6.45) is -1.14. The fourth-order valence-electron chi connectivity index (χ4n) is 5.71. The Morgan fingerprint density at radius 3 is 2.33 bits per heavy atom.